The number of amides is 1. The lowest BCUT2D eigenvalue weighted by Gasteiger charge is -2.20. The molecule has 0 saturated heterocycles. The summed E-state index contributed by atoms with van der Waals surface area (Å²) in [4.78, 5) is 28.5. The number of nitrogens with zero attached hydrogens (tertiary/aromatic N) is 1. The molecule has 2 N–H and O–H groups in total. The summed E-state index contributed by atoms with van der Waals surface area (Å²) in [6, 6.07) is 19.9. The normalized spacial score (nSPS) is 11.6. The minimum absolute atomic E-state index is 0.204. The first-order valence-corrected chi connectivity index (χ1v) is 8.65. The topological polar surface area (TPSA) is 79.3 Å². The number of carbonyl (C=O) groups excluding carboxylic acids is 1. The minimum atomic E-state index is -0.979. The van der Waals surface area contributed by atoms with Gasteiger partial charge in [-0.25, -0.2) is 0 Å². The number of rotatable bonds is 6. The van der Waals surface area contributed by atoms with Gasteiger partial charge < -0.3 is 10.4 Å². The summed E-state index contributed by atoms with van der Waals surface area (Å²) in [6.07, 6.45) is 1.35. The van der Waals surface area contributed by atoms with Crippen molar-refractivity contribution in [3.8, 4) is 11.1 Å². The van der Waals surface area contributed by atoms with E-state index in [-0.39, 0.29) is 12.1 Å². The molecule has 27 heavy (non-hydrogen) atoms. The Labute approximate surface area is 157 Å². The Hall–Kier alpha value is -3.47. The molecular formula is C22H20N2O3. The number of pyridine rings is 1. The number of aryl methyl sites for hydroxylation is 1. The van der Waals surface area contributed by atoms with Crippen LogP contribution in [0, 0.1) is 6.92 Å². The summed E-state index contributed by atoms with van der Waals surface area (Å²) in [5.41, 5.74) is 3.56. The van der Waals surface area contributed by atoms with Gasteiger partial charge in [-0.15, -0.1) is 0 Å². The van der Waals surface area contributed by atoms with Crippen LogP contribution in [0.25, 0.3) is 11.1 Å². The van der Waals surface area contributed by atoms with Gasteiger partial charge in [0.2, 0.25) is 0 Å². The fourth-order valence-corrected chi connectivity index (χ4v) is 3.05. The Morgan fingerprint density at radius 2 is 1.70 bits per heavy atom. The van der Waals surface area contributed by atoms with Crippen molar-refractivity contribution in [1.29, 1.82) is 0 Å². The van der Waals surface area contributed by atoms with Gasteiger partial charge in [-0.05, 0) is 29.7 Å². The van der Waals surface area contributed by atoms with Crippen LogP contribution >= 0.6 is 0 Å². The highest BCUT2D eigenvalue weighted by molar-refractivity contribution is 5.99. The first kappa shape index (κ1) is 18.3. The van der Waals surface area contributed by atoms with Crippen LogP contribution in [0.5, 0.6) is 0 Å². The van der Waals surface area contributed by atoms with E-state index in [0.29, 0.717) is 5.56 Å². The van der Waals surface area contributed by atoms with Crippen LogP contribution in [0.2, 0.25) is 0 Å². The number of nitrogens with one attached hydrogen (secondary N) is 1. The quantitative estimate of drug-likeness (QED) is 0.696. The smallest absolute Gasteiger partial charge is 0.305 e. The van der Waals surface area contributed by atoms with Crippen molar-refractivity contribution in [2.24, 2.45) is 0 Å². The lowest BCUT2D eigenvalue weighted by Crippen LogP contribution is -2.31. The maximum atomic E-state index is 12.9. The highest BCUT2D eigenvalue weighted by Crippen LogP contribution is 2.24. The molecule has 5 heteroatoms. The van der Waals surface area contributed by atoms with Crippen LogP contribution in [-0.4, -0.2) is 22.0 Å². The van der Waals surface area contributed by atoms with Crippen LogP contribution in [0.15, 0.2) is 72.9 Å². The van der Waals surface area contributed by atoms with E-state index in [1.165, 1.54) is 0 Å². The molecule has 3 aromatic rings. The van der Waals surface area contributed by atoms with Crippen LogP contribution in [0.3, 0.4) is 0 Å². The van der Waals surface area contributed by atoms with Crippen molar-refractivity contribution in [1.82, 2.24) is 10.3 Å². The Morgan fingerprint density at radius 1 is 1.00 bits per heavy atom. The summed E-state index contributed by atoms with van der Waals surface area (Å²) >= 11 is 0. The molecule has 0 aliphatic rings. The number of carboxylic acids is 1. The van der Waals surface area contributed by atoms with E-state index in [4.69, 9.17) is 0 Å². The molecule has 0 spiro atoms. The largest absolute Gasteiger partial charge is 0.481 e. The lowest BCUT2D eigenvalue weighted by atomic mass is 9.98. The second kappa shape index (κ2) is 8.27. The highest BCUT2D eigenvalue weighted by atomic mass is 16.4. The Bertz CT molecular complexity index is 955. The third kappa shape index (κ3) is 4.39. The van der Waals surface area contributed by atoms with Crippen molar-refractivity contribution in [2.75, 3.05) is 0 Å². The third-order valence-corrected chi connectivity index (χ3v) is 4.36. The van der Waals surface area contributed by atoms with E-state index in [1.54, 1.807) is 12.3 Å². The van der Waals surface area contributed by atoms with Gasteiger partial charge in [0.15, 0.2) is 0 Å². The molecule has 1 heterocycles. The van der Waals surface area contributed by atoms with Gasteiger partial charge in [0, 0.05) is 11.8 Å². The lowest BCUT2D eigenvalue weighted by molar-refractivity contribution is -0.137. The molecule has 136 valence electrons. The minimum Gasteiger partial charge on any atom is -0.481 e. The van der Waals surface area contributed by atoms with Crippen LogP contribution in [0.1, 0.15) is 34.1 Å². The molecule has 2 aromatic carbocycles. The predicted molar refractivity (Wildman–Crippen MR) is 103 cm³/mol. The molecule has 0 aliphatic heterocycles. The molecule has 0 radical (unpaired) electrons. The first-order valence-electron chi connectivity index (χ1n) is 8.65. The summed E-state index contributed by atoms with van der Waals surface area (Å²) in [5.74, 6) is -1.38. The van der Waals surface area contributed by atoms with E-state index in [2.05, 4.69) is 10.3 Å². The number of aliphatic carboxylic acids is 1. The number of aromatic nitrogens is 1. The maximum Gasteiger partial charge on any atom is 0.305 e. The van der Waals surface area contributed by atoms with Gasteiger partial charge in [-0.1, -0.05) is 60.7 Å². The summed E-state index contributed by atoms with van der Waals surface area (Å²) in [5, 5.41) is 12.1. The summed E-state index contributed by atoms with van der Waals surface area (Å²) < 4.78 is 0. The summed E-state index contributed by atoms with van der Waals surface area (Å²) in [7, 11) is 0. The Balaban J connectivity index is 1.93. The SMILES string of the molecule is Cc1ccccc1[C@H](CC(=O)O)NC(=O)c1ncccc1-c1ccccc1. The molecule has 0 aliphatic carbocycles. The van der Waals surface area contributed by atoms with Crippen molar-refractivity contribution in [3.05, 3.63) is 89.7 Å². The molecule has 0 bridgehead atoms. The van der Waals surface area contributed by atoms with Gasteiger partial charge in [0.25, 0.3) is 5.91 Å². The Kier molecular flexibility index (Phi) is 5.61. The standard InChI is InChI=1S/C22H20N2O3/c1-15-8-5-6-11-17(15)19(14-20(25)26)24-22(27)21-18(12-7-13-23-21)16-9-3-2-4-10-16/h2-13,19H,14H2,1H3,(H,24,27)(H,25,26)/t19-/m0/s1. The van der Waals surface area contributed by atoms with Crippen molar-refractivity contribution in [2.45, 2.75) is 19.4 Å². The van der Waals surface area contributed by atoms with Crippen LogP contribution in [-0.2, 0) is 4.79 Å². The number of hydrogen-bond acceptors (Lipinski definition) is 3. The van der Waals surface area contributed by atoms with Gasteiger partial charge in [-0.2, -0.15) is 0 Å². The van der Waals surface area contributed by atoms with Gasteiger partial charge in [-0.3, -0.25) is 14.6 Å². The van der Waals surface area contributed by atoms with Crippen molar-refractivity contribution < 1.29 is 14.7 Å². The van der Waals surface area contributed by atoms with Crippen molar-refractivity contribution in [3.63, 3.8) is 0 Å². The fourth-order valence-electron chi connectivity index (χ4n) is 3.05. The molecule has 1 amide bonds. The third-order valence-electron chi connectivity index (χ3n) is 4.36. The molecular weight excluding hydrogens is 340 g/mol. The molecule has 5 nitrogen and oxygen atoms in total. The van der Waals surface area contributed by atoms with Crippen LogP contribution < -0.4 is 5.32 Å². The van der Waals surface area contributed by atoms with Gasteiger partial charge in [0.05, 0.1) is 12.5 Å². The number of hydrogen-bond donors (Lipinski definition) is 2. The Morgan fingerprint density at radius 3 is 2.41 bits per heavy atom. The van der Waals surface area contributed by atoms with E-state index >= 15 is 0 Å². The second-order valence-corrected chi connectivity index (χ2v) is 6.25. The maximum absolute atomic E-state index is 12.9. The van der Waals surface area contributed by atoms with E-state index in [0.717, 1.165) is 16.7 Å². The zero-order valence-electron chi connectivity index (χ0n) is 14.9. The number of carboxylic acid groups (broad SMARTS) is 1. The first-order chi connectivity index (χ1) is 13.1. The summed E-state index contributed by atoms with van der Waals surface area (Å²) in [6.45, 7) is 1.90. The highest BCUT2D eigenvalue weighted by Gasteiger charge is 2.22. The monoisotopic (exact) mass is 360 g/mol. The molecule has 0 saturated carbocycles. The number of benzene rings is 2. The molecule has 0 unspecified atom stereocenters. The predicted octanol–water partition coefficient (Wildman–Crippen LogP) is 4.00. The second-order valence-electron chi connectivity index (χ2n) is 6.25. The molecule has 0 fully saturated rings. The van der Waals surface area contributed by atoms with E-state index in [9.17, 15) is 14.7 Å². The fraction of sp³-hybridized carbons (Fsp3) is 0.136. The molecule has 1 aromatic heterocycles. The van der Waals surface area contributed by atoms with Gasteiger partial charge >= 0.3 is 5.97 Å². The zero-order valence-corrected chi connectivity index (χ0v) is 14.9. The average Bonchev–Trinajstić information content (AvgIpc) is 2.68. The van der Waals surface area contributed by atoms with E-state index < -0.39 is 17.9 Å². The van der Waals surface area contributed by atoms with Crippen molar-refractivity contribution >= 4 is 11.9 Å². The van der Waals surface area contributed by atoms with E-state index in [1.807, 2.05) is 67.6 Å². The van der Waals surface area contributed by atoms with Gasteiger partial charge in [0.1, 0.15) is 5.69 Å². The van der Waals surface area contributed by atoms with Crippen LogP contribution in [0.4, 0.5) is 0 Å². The zero-order chi connectivity index (χ0) is 19.2. The molecule has 3 rings (SSSR count). The number of carbonyl (C=O) groups is 2. The average molecular weight is 360 g/mol. The molecule has 1 atom stereocenters.